The van der Waals surface area contributed by atoms with Crippen LogP contribution in [0.1, 0.15) is 23.2 Å². The smallest absolute Gasteiger partial charge is 0.343 e. The van der Waals surface area contributed by atoms with Crippen molar-refractivity contribution in [2.75, 3.05) is 4.90 Å². The number of esters is 1. The molecular formula is C17H12BrNO4. The first-order valence-corrected chi connectivity index (χ1v) is 7.78. The van der Waals surface area contributed by atoms with Gasteiger partial charge in [-0.25, -0.2) is 4.79 Å². The van der Waals surface area contributed by atoms with Crippen molar-refractivity contribution < 1.29 is 19.1 Å². The first kappa shape index (κ1) is 15.4. The summed E-state index contributed by atoms with van der Waals surface area (Å²) < 4.78 is 5.98. The van der Waals surface area contributed by atoms with E-state index in [1.54, 1.807) is 30.3 Å². The lowest BCUT2D eigenvalue weighted by atomic mass is 10.2. The molecule has 0 radical (unpaired) electrons. The maximum absolute atomic E-state index is 12.1. The molecule has 1 aliphatic heterocycles. The summed E-state index contributed by atoms with van der Waals surface area (Å²) in [7, 11) is 0. The van der Waals surface area contributed by atoms with Crippen molar-refractivity contribution in [1.82, 2.24) is 0 Å². The van der Waals surface area contributed by atoms with E-state index in [0.29, 0.717) is 21.5 Å². The Morgan fingerprint density at radius 2 is 1.57 bits per heavy atom. The Labute approximate surface area is 141 Å². The maximum atomic E-state index is 12.1. The number of nitrogens with zero attached hydrogens (tertiary/aromatic N) is 1. The molecule has 2 amide bonds. The highest BCUT2D eigenvalue weighted by Crippen LogP contribution is 2.26. The molecule has 1 heterocycles. The number of benzene rings is 2. The van der Waals surface area contributed by atoms with E-state index in [1.165, 1.54) is 12.1 Å². The van der Waals surface area contributed by atoms with Crippen LogP contribution in [-0.2, 0) is 9.59 Å². The number of carbonyl (C=O) groups excluding carboxylic acids is 3. The van der Waals surface area contributed by atoms with Gasteiger partial charge < -0.3 is 4.74 Å². The maximum Gasteiger partial charge on any atom is 0.343 e. The Kier molecular flexibility index (Phi) is 4.25. The highest BCUT2D eigenvalue weighted by Gasteiger charge is 2.30. The Balaban J connectivity index is 1.77. The SMILES string of the molecule is O=C(Oc1ccccc1Br)c1ccc(N2C(=O)CCC2=O)cc1. The molecule has 5 nitrogen and oxygen atoms in total. The van der Waals surface area contributed by atoms with E-state index < -0.39 is 5.97 Å². The minimum atomic E-state index is -0.512. The molecular weight excluding hydrogens is 362 g/mol. The van der Waals surface area contributed by atoms with E-state index in [9.17, 15) is 14.4 Å². The van der Waals surface area contributed by atoms with Gasteiger partial charge >= 0.3 is 5.97 Å². The van der Waals surface area contributed by atoms with Crippen molar-refractivity contribution in [3.63, 3.8) is 0 Å². The van der Waals surface area contributed by atoms with E-state index in [0.717, 1.165) is 4.90 Å². The van der Waals surface area contributed by atoms with Crippen molar-refractivity contribution in [2.24, 2.45) is 0 Å². The molecule has 0 spiro atoms. The van der Waals surface area contributed by atoms with Gasteiger partial charge in [0.25, 0.3) is 0 Å². The monoisotopic (exact) mass is 373 g/mol. The molecule has 0 aromatic heterocycles. The normalized spacial score (nSPS) is 14.2. The number of imide groups is 1. The molecule has 6 heteroatoms. The van der Waals surface area contributed by atoms with Crippen molar-refractivity contribution in [2.45, 2.75) is 12.8 Å². The molecule has 1 aliphatic rings. The third-order valence-corrected chi connectivity index (χ3v) is 4.11. The number of hydrogen-bond acceptors (Lipinski definition) is 4. The Morgan fingerprint density at radius 1 is 0.957 bits per heavy atom. The second-order valence-corrected chi connectivity index (χ2v) is 5.84. The van der Waals surface area contributed by atoms with Crippen LogP contribution < -0.4 is 9.64 Å². The average Bonchev–Trinajstić information content (AvgIpc) is 2.88. The fraction of sp³-hybridized carbons (Fsp3) is 0.118. The number of carbonyl (C=O) groups is 3. The molecule has 2 aromatic carbocycles. The first-order chi connectivity index (χ1) is 11.1. The van der Waals surface area contributed by atoms with Crippen molar-refractivity contribution >= 4 is 39.4 Å². The van der Waals surface area contributed by atoms with Gasteiger partial charge in [0.15, 0.2) is 0 Å². The van der Waals surface area contributed by atoms with Gasteiger partial charge in [-0.05, 0) is 52.3 Å². The van der Waals surface area contributed by atoms with Crippen LogP contribution >= 0.6 is 15.9 Å². The third kappa shape index (κ3) is 3.17. The number of ether oxygens (including phenoxy) is 1. The molecule has 0 unspecified atom stereocenters. The molecule has 1 fully saturated rings. The van der Waals surface area contributed by atoms with E-state index in [2.05, 4.69) is 15.9 Å². The zero-order valence-corrected chi connectivity index (χ0v) is 13.6. The van der Waals surface area contributed by atoms with Crippen LogP contribution in [0.2, 0.25) is 0 Å². The zero-order chi connectivity index (χ0) is 16.4. The first-order valence-electron chi connectivity index (χ1n) is 6.99. The summed E-state index contributed by atoms with van der Waals surface area (Å²) in [5, 5.41) is 0. The Hall–Kier alpha value is -2.47. The number of halogens is 1. The van der Waals surface area contributed by atoms with Gasteiger partial charge in [0, 0.05) is 12.8 Å². The number of rotatable bonds is 3. The third-order valence-electron chi connectivity index (χ3n) is 3.45. The highest BCUT2D eigenvalue weighted by atomic mass is 79.9. The van der Waals surface area contributed by atoms with E-state index in [1.807, 2.05) is 6.07 Å². The predicted molar refractivity (Wildman–Crippen MR) is 87.3 cm³/mol. The van der Waals surface area contributed by atoms with Crippen LogP contribution in [-0.4, -0.2) is 17.8 Å². The van der Waals surface area contributed by atoms with Gasteiger partial charge in [0.1, 0.15) is 5.75 Å². The van der Waals surface area contributed by atoms with Gasteiger partial charge in [-0.2, -0.15) is 0 Å². The minimum Gasteiger partial charge on any atom is -0.422 e. The fourth-order valence-electron chi connectivity index (χ4n) is 2.30. The number of amides is 2. The molecule has 116 valence electrons. The largest absolute Gasteiger partial charge is 0.422 e. The van der Waals surface area contributed by atoms with Gasteiger partial charge in [-0.3, -0.25) is 14.5 Å². The second-order valence-electron chi connectivity index (χ2n) is 4.99. The van der Waals surface area contributed by atoms with Crippen LogP contribution in [0, 0.1) is 0 Å². The summed E-state index contributed by atoms with van der Waals surface area (Å²) in [4.78, 5) is 36.7. The molecule has 0 N–H and O–H groups in total. The van der Waals surface area contributed by atoms with Gasteiger partial charge in [0.05, 0.1) is 15.7 Å². The molecule has 0 atom stereocenters. The van der Waals surface area contributed by atoms with Gasteiger partial charge in [-0.1, -0.05) is 12.1 Å². The number of hydrogen-bond donors (Lipinski definition) is 0. The van der Waals surface area contributed by atoms with Gasteiger partial charge in [0.2, 0.25) is 11.8 Å². The molecule has 3 rings (SSSR count). The highest BCUT2D eigenvalue weighted by molar-refractivity contribution is 9.10. The summed E-state index contributed by atoms with van der Waals surface area (Å²) in [5.74, 6) is -0.536. The fourth-order valence-corrected chi connectivity index (χ4v) is 2.66. The van der Waals surface area contributed by atoms with Gasteiger partial charge in [-0.15, -0.1) is 0 Å². The van der Waals surface area contributed by atoms with E-state index in [4.69, 9.17) is 4.74 Å². The van der Waals surface area contributed by atoms with Crippen molar-refractivity contribution in [3.8, 4) is 5.75 Å². The lowest BCUT2D eigenvalue weighted by molar-refractivity contribution is -0.121. The molecule has 0 bridgehead atoms. The van der Waals surface area contributed by atoms with Crippen LogP contribution in [0.5, 0.6) is 5.75 Å². The lowest BCUT2D eigenvalue weighted by Crippen LogP contribution is -2.28. The minimum absolute atomic E-state index is 0.224. The molecule has 23 heavy (non-hydrogen) atoms. The van der Waals surface area contributed by atoms with Crippen LogP contribution in [0.4, 0.5) is 5.69 Å². The number of para-hydroxylation sites is 1. The topological polar surface area (TPSA) is 63.7 Å². The van der Waals surface area contributed by atoms with Crippen molar-refractivity contribution in [1.29, 1.82) is 0 Å². The molecule has 1 saturated heterocycles. The second kappa shape index (κ2) is 6.34. The van der Waals surface area contributed by atoms with Crippen molar-refractivity contribution in [3.05, 3.63) is 58.6 Å². The summed E-state index contributed by atoms with van der Waals surface area (Å²) in [5.41, 5.74) is 0.804. The summed E-state index contributed by atoms with van der Waals surface area (Å²) in [6.45, 7) is 0. The summed E-state index contributed by atoms with van der Waals surface area (Å²) >= 11 is 3.31. The molecule has 0 aliphatic carbocycles. The molecule has 0 saturated carbocycles. The van der Waals surface area contributed by atoms with Crippen LogP contribution in [0.25, 0.3) is 0 Å². The quantitative estimate of drug-likeness (QED) is 0.470. The summed E-state index contributed by atoms with van der Waals surface area (Å²) in [6, 6.07) is 13.2. The standard InChI is InChI=1S/C17H12BrNO4/c18-13-3-1-2-4-14(13)23-17(22)11-5-7-12(8-6-11)19-15(20)9-10-16(19)21/h1-8H,9-10H2. The Morgan fingerprint density at radius 3 is 2.17 bits per heavy atom. The predicted octanol–water partition coefficient (Wildman–Crippen LogP) is 3.32. The summed E-state index contributed by atoms with van der Waals surface area (Å²) in [6.07, 6.45) is 0.454. The van der Waals surface area contributed by atoms with E-state index >= 15 is 0 Å². The number of anilines is 1. The lowest BCUT2D eigenvalue weighted by Gasteiger charge is -2.14. The average molecular weight is 374 g/mol. The van der Waals surface area contributed by atoms with Crippen LogP contribution in [0.3, 0.4) is 0 Å². The molecule has 2 aromatic rings. The van der Waals surface area contributed by atoms with Crippen LogP contribution in [0.15, 0.2) is 53.0 Å². The van der Waals surface area contributed by atoms with E-state index in [-0.39, 0.29) is 24.7 Å². The zero-order valence-electron chi connectivity index (χ0n) is 12.0. The Bertz CT molecular complexity index is 769.